The first kappa shape index (κ1) is 13.3. The Bertz CT molecular complexity index is 521. The van der Waals surface area contributed by atoms with Crippen molar-refractivity contribution in [3.05, 3.63) is 24.3 Å². The molecule has 0 amide bonds. The molecule has 102 valence electrons. The Morgan fingerprint density at radius 1 is 1.53 bits per heavy atom. The number of carboxylic acid groups (broad SMARTS) is 1. The Labute approximate surface area is 109 Å². The zero-order valence-electron chi connectivity index (χ0n) is 10.6. The quantitative estimate of drug-likeness (QED) is 0.813. The molecule has 1 N–H and O–H groups in total. The monoisotopic (exact) mass is 265 g/mol. The van der Waals surface area contributed by atoms with Crippen molar-refractivity contribution in [1.82, 2.24) is 15.0 Å². The van der Waals surface area contributed by atoms with E-state index in [0.29, 0.717) is 30.6 Å². The Kier molecular flexibility index (Phi) is 4.30. The van der Waals surface area contributed by atoms with Gasteiger partial charge < -0.3 is 14.0 Å². The molecule has 0 saturated carbocycles. The Morgan fingerprint density at radius 3 is 3.00 bits per heavy atom. The van der Waals surface area contributed by atoms with E-state index in [1.165, 1.54) is 6.26 Å². The molecule has 7 heteroatoms. The van der Waals surface area contributed by atoms with Gasteiger partial charge in [0.1, 0.15) is 0 Å². The first-order valence-electron chi connectivity index (χ1n) is 5.99. The van der Waals surface area contributed by atoms with Gasteiger partial charge in [0, 0.05) is 0 Å². The molecule has 2 aromatic rings. The second-order valence-electron chi connectivity index (χ2n) is 4.09. The molecule has 0 atom stereocenters. The van der Waals surface area contributed by atoms with Crippen LogP contribution in [-0.4, -0.2) is 39.2 Å². The fraction of sp³-hybridized carbons (Fsp3) is 0.417. The van der Waals surface area contributed by atoms with E-state index in [-0.39, 0.29) is 6.54 Å². The van der Waals surface area contributed by atoms with Crippen molar-refractivity contribution in [3.8, 4) is 11.6 Å². The lowest BCUT2D eigenvalue weighted by molar-refractivity contribution is -0.138. The molecule has 0 aromatic carbocycles. The van der Waals surface area contributed by atoms with Crippen LogP contribution in [-0.2, 0) is 11.3 Å². The zero-order chi connectivity index (χ0) is 13.7. The maximum Gasteiger partial charge on any atom is 0.317 e. The largest absolute Gasteiger partial charge is 0.480 e. The number of aromatic nitrogens is 2. The summed E-state index contributed by atoms with van der Waals surface area (Å²) in [7, 11) is 0. The number of furan rings is 1. The lowest BCUT2D eigenvalue weighted by Crippen LogP contribution is -2.30. The van der Waals surface area contributed by atoms with E-state index in [1.54, 1.807) is 17.0 Å². The highest BCUT2D eigenvalue weighted by atomic mass is 16.5. The normalized spacial score (nSPS) is 11.1. The molecule has 0 aliphatic rings. The molecule has 0 unspecified atom stereocenters. The minimum atomic E-state index is -0.876. The number of hydrogen-bond donors (Lipinski definition) is 1. The fourth-order valence-corrected chi connectivity index (χ4v) is 1.74. The molecule has 0 aliphatic heterocycles. The first-order chi connectivity index (χ1) is 9.19. The van der Waals surface area contributed by atoms with Gasteiger partial charge in [-0.25, -0.2) is 0 Å². The van der Waals surface area contributed by atoms with Crippen molar-refractivity contribution in [2.45, 2.75) is 19.9 Å². The SMILES string of the molecule is CCCN(CC(=O)O)Cc1nc(-c2ccco2)no1. The summed E-state index contributed by atoms with van der Waals surface area (Å²) in [5.41, 5.74) is 0. The van der Waals surface area contributed by atoms with Gasteiger partial charge in [0.05, 0.1) is 19.4 Å². The highest BCUT2D eigenvalue weighted by Crippen LogP contribution is 2.16. The summed E-state index contributed by atoms with van der Waals surface area (Å²) in [6, 6.07) is 3.47. The second kappa shape index (κ2) is 6.14. The Morgan fingerprint density at radius 2 is 2.37 bits per heavy atom. The maximum atomic E-state index is 10.7. The van der Waals surface area contributed by atoms with Gasteiger partial charge in [-0.05, 0) is 25.1 Å². The smallest absolute Gasteiger partial charge is 0.317 e. The molecule has 2 heterocycles. The van der Waals surface area contributed by atoms with Crippen LogP contribution >= 0.6 is 0 Å². The molecule has 2 rings (SSSR count). The van der Waals surface area contributed by atoms with Crippen molar-refractivity contribution in [3.63, 3.8) is 0 Å². The Hall–Kier alpha value is -2.15. The summed E-state index contributed by atoms with van der Waals surface area (Å²) in [5, 5.41) is 12.6. The van der Waals surface area contributed by atoms with E-state index in [2.05, 4.69) is 10.1 Å². The molecular formula is C12H15N3O4. The molecule has 0 bridgehead atoms. The van der Waals surface area contributed by atoms with Gasteiger partial charge in [0.2, 0.25) is 11.7 Å². The van der Waals surface area contributed by atoms with Crippen LogP contribution in [0, 0.1) is 0 Å². The van der Waals surface area contributed by atoms with Crippen LogP contribution in [0.4, 0.5) is 0 Å². The lowest BCUT2D eigenvalue weighted by Gasteiger charge is -2.16. The van der Waals surface area contributed by atoms with E-state index in [4.69, 9.17) is 14.0 Å². The molecule has 0 spiro atoms. The van der Waals surface area contributed by atoms with Crippen molar-refractivity contribution >= 4 is 5.97 Å². The van der Waals surface area contributed by atoms with Gasteiger partial charge in [-0.2, -0.15) is 4.98 Å². The number of rotatable bonds is 7. The molecule has 2 aromatic heterocycles. The summed E-state index contributed by atoms with van der Waals surface area (Å²) in [5.74, 6) is 0.391. The lowest BCUT2D eigenvalue weighted by atomic mass is 10.4. The highest BCUT2D eigenvalue weighted by Gasteiger charge is 2.15. The molecule has 7 nitrogen and oxygen atoms in total. The van der Waals surface area contributed by atoms with E-state index < -0.39 is 5.97 Å². The van der Waals surface area contributed by atoms with Crippen LogP contribution in [0.25, 0.3) is 11.6 Å². The van der Waals surface area contributed by atoms with Crippen molar-refractivity contribution in [2.75, 3.05) is 13.1 Å². The minimum absolute atomic E-state index is 0.0493. The molecule has 0 aliphatic carbocycles. The van der Waals surface area contributed by atoms with Crippen LogP contribution in [0.15, 0.2) is 27.3 Å². The topological polar surface area (TPSA) is 92.6 Å². The fourth-order valence-electron chi connectivity index (χ4n) is 1.74. The molecule has 0 saturated heterocycles. The van der Waals surface area contributed by atoms with Crippen molar-refractivity contribution in [1.29, 1.82) is 0 Å². The van der Waals surface area contributed by atoms with Crippen LogP contribution < -0.4 is 0 Å². The highest BCUT2D eigenvalue weighted by molar-refractivity contribution is 5.69. The zero-order valence-corrected chi connectivity index (χ0v) is 10.6. The van der Waals surface area contributed by atoms with Crippen LogP contribution in [0.3, 0.4) is 0 Å². The van der Waals surface area contributed by atoms with Crippen molar-refractivity contribution in [2.24, 2.45) is 0 Å². The summed E-state index contributed by atoms with van der Waals surface area (Å²) in [6.45, 7) is 2.90. The second-order valence-corrected chi connectivity index (χ2v) is 4.09. The summed E-state index contributed by atoms with van der Waals surface area (Å²) in [4.78, 5) is 16.7. The third-order valence-electron chi connectivity index (χ3n) is 2.47. The van der Waals surface area contributed by atoms with Crippen LogP contribution in [0.5, 0.6) is 0 Å². The maximum absolute atomic E-state index is 10.7. The third-order valence-corrected chi connectivity index (χ3v) is 2.47. The number of hydrogen-bond acceptors (Lipinski definition) is 6. The van der Waals surface area contributed by atoms with Crippen molar-refractivity contribution < 1.29 is 18.8 Å². The average molecular weight is 265 g/mol. The van der Waals surface area contributed by atoms with E-state index in [0.717, 1.165) is 6.42 Å². The molecule has 19 heavy (non-hydrogen) atoms. The number of carboxylic acids is 1. The van der Waals surface area contributed by atoms with Crippen LogP contribution in [0.2, 0.25) is 0 Å². The van der Waals surface area contributed by atoms with Gasteiger partial charge in [0.15, 0.2) is 5.76 Å². The number of nitrogens with zero attached hydrogens (tertiary/aromatic N) is 3. The number of aliphatic carboxylic acids is 1. The standard InChI is InChI=1S/C12H15N3O4/c1-2-5-15(8-11(16)17)7-10-13-12(14-19-10)9-4-3-6-18-9/h3-4,6H,2,5,7-8H2,1H3,(H,16,17). The van der Waals surface area contributed by atoms with Gasteiger partial charge in [0.25, 0.3) is 0 Å². The van der Waals surface area contributed by atoms with Gasteiger partial charge in [-0.3, -0.25) is 9.69 Å². The van der Waals surface area contributed by atoms with E-state index in [1.807, 2.05) is 6.92 Å². The van der Waals surface area contributed by atoms with Gasteiger partial charge in [-0.1, -0.05) is 12.1 Å². The third kappa shape index (κ3) is 3.65. The van der Waals surface area contributed by atoms with Gasteiger partial charge in [-0.15, -0.1) is 0 Å². The summed E-state index contributed by atoms with van der Waals surface area (Å²) in [6.07, 6.45) is 2.38. The minimum Gasteiger partial charge on any atom is -0.480 e. The first-order valence-corrected chi connectivity index (χ1v) is 5.99. The van der Waals surface area contributed by atoms with Crippen LogP contribution in [0.1, 0.15) is 19.2 Å². The predicted molar refractivity (Wildman–Crippen MR) is 65.2 cm³/mol. The average Bonchev–Trinajstić information content (AvgIpc) is 2.97. The van der Waals surface area contributed by atoms with E-state index in [9.17, 15) is 4.79 Å². The molecule has 0 fully saturated rings. The van der Waals surface area contributed by atoms with E-state index >= 15 is 0 Å². The molecule has 0 radical (unpaired) electrons. The summed E-state index contributed by atoms with van der Waals surface area (Å²) >= 11 is 0. The summed E-state index contributed by atoms with van der Waals surface area (Å²) < 4.78 is 10.2. The predicted octanol–water partition coefficient (Wildman–Crippen LogP) is 1.63. The number of carbonyl (C=O) groups is 1. The Balaban J connectivity index is 2.03. The molecular weight excluding hydrogens is 250 g/mol. The van der Waals surface area contributed by atoms with Gasteiger partial charge >= 0.3 is 5.97 Å².